The molecule has 5 N–H and O–H groups in total. The van der Waals surface area contributed by atoms with E-state index in [9.17, 15) is 5.11 Å². The zero-order chi connectivity index (χ0) is 12.8. The van der Waals surface area contributed by atoms with Crippen molar-refractivity contribution < 1.29 is 9.84 Å². The summed E-state index contributed by atoms with van der Waals surface area (Å²) in [5, 5.41) is 16.8. The highest BCUT2D eigenvalue weighted by atomic mass is 35.5. The Hall–Kier alpha value is -1.95. The van der Waals surface area contributed by atoms with Crippen molar-refractivity contribution in [3.63, 3.8) is 0 Å². The zero-order valence-corrected chi connectivity index (χ0v) is 9.98. The molecule has 0 atom stereocenters. The lowest BCUT2D eigenvalue weighted by Crippen LogP contribution is -2.21. The van der Waals surface area contributed by atoms with Crippen molar-refractivity contribution in [2.75, 3.05) is 6.61 Å². The van der Waals surface area contributed by atoms with Crippen LogP contribution in [0.3, 0.4) is 0 Å². The summed E-state index contributed by atoms with van der Waals surface area (Å²) in [5.41, 5.74) is 10.8. The lowest BCUT2D eigenvalue weighted by molar-refractivity contribution is 0.318. The van der Waals surface area contributed by atoms with Gasteiger partial charge in [-0.3, -0.25) is 0 Å². The van der Waals surface area contributed by atoms with E-state index < -0.39 is 0 Å². The fraction of sp³-hybridized carbons (Fsp3) is 0.200. The Labute approximate surface area is 104 Å². The van der Waals surface area contributed by atoms with E-state index in [1.807, 2.05) is 0 Å². The minimum Gasteiger partial charge on any atom is -0.503 e. The summed E-state index contributed by atoms with van der Waals surface area (Å²) in [7, 11) is 0. The topological polar surface area (TPSA) is 106 Å². The second-order valence-corrected chi connectivity index (χ2v) is 3.46. The number of rotatable bonds is 4. The molecule has 0 fully saturated rings. The average Bonchev–Trinajstić information content (AvgIpc) is 2.25. The van der Waals surface area contributed by atoms with Crippen LogP contribution in [0.15, 0.2) is 22.3 Å². The summed E-state index contributed by atoms with van der Waals surface area (Å²) in [6.07, 6.45) is 1.40. The molecule has 0 radical (unpaired) electrons. The maximum absolute atomic E-state index is 9.60. The number of halogens is 1. The molecule has 0 saturated carbocycles. The molecule has 6 nitrogen and oxygen atoms in total. The molecule has 1 aromatic rings. The Bertz CT molecular complexity index is 456. The predicted molar refractivity (Wildman–Crippen MR) is 67.7 cm³/mol. The molecule has 0 heterocycles. The van der Waals surface area contributed by atoms with E-state index in [-0.39, 0.29) is 22.5 Å². The summed E-state index contributed by atoms with van der Waals surface area (Å²) >= 11 is 5.82. The standard InChI is InChI=1S/C10H13ClN4O2/c1-2-17-8-4-6(3-7(11)9(8)16)5-14-15-10(12)13/h3-5,16H,2H2,1H3,(H4,12,13,15). The normalized spacial score (nSPS) is 10.5. The van der Waals surface area contributed by atoms with Gasteiger partial charge in [0.15, 0.2) is 11.5 Å². The minimum atomic E-state index is -0.142. The van der Waals surface area contributed by atoms with Crippen LogP contribution >= 0.6 is 11.6 Å². The molecule has 0 aliphatic carbocycles. The largest absolute Gasteiger partial charge is 0.503 e. The molecule has 0 spiro atoms. The zero-order valence-electron chi connectivity index (χ0n) is 9.22. The van der Waals surface area contributed by atoms with Crippen molar-refractivity contribution in [1.82, 2.24) is 0 Å². The van der Waals surface area contributed by atoms with Gasteiger partial charge in [-0.1, -0.05) is 11.6 Å². The lowest BCUT2D eigenvalue weighted by Gasteiger charge is -2.07. The third-order valence-electron chi connectivity index (χ3n) is 1.73. The predicted octanol–water partition coefficient (Wildman–Crippen LogP) is 1.05. The van der Waals surface area contributed by atoms with Crippen molar-refractivity contribution in [3.8, 4) is 11.5 Å². The third-order valence-corrected chi connectivity index (χ3v) is 2.02. The highest BCUT2D eigenvalue weighted by Gasteiger charge is 2.08. The number of aromatic hydroxyl groups is 1. The molecule has 0 aromatic heterocycles. The monoisotopic (exact) mass is 256 g/mol. The van der Waals surface area contributed by atoms with Gasteiger partial charge < -0.3 is 21.3 Å². The molecule has 0 bridgehead atoms. The van der Waals surface area contributed by atoms with Gasteiger partial charge >= 0.3 is 0 Å². The molecule has 0 aliphatic rings. The van der Waals surface area contributed by atoms with Gasteiger partial charge in [0.25, 0.3) is 0 Å². The van der Waals surface area contributed by atoms with Crippen LogP contribution < -0.4 is 16.2 Å². The lowest BCUT2D eigenvalue weighted by atomic mass is 10.2. The van der Waals surface area contributed by atoms with Crippen LogP contribution in [-0.2, 0) is 0 Å². The molecule has 1 rings (SSSR count). The van der Waals surface area contributed by atoms with Crippen LogP contribution in [0.1, 0.15) is 12.5 Å². The number of guanidine groups is 1. The van der Waals surface area contributed by atoms with Gasteiger partial charge in [-0.2, -0.15) is 5.10 Å². The van der Waals surface area contributed by atoms with Gasteiger partial charge in [-0.15, -0.1) is 5.10 Å². The fourth-order valence-corrected chi connectivity index (χ4v) is 1.32. The Balaban J connectivity index is 3.02. The summed E-state index contributed by atoms with van der Waals surface area (Å²) in [6.45, 7) is 2.21. The second-order valence-electron chi connectivity index (χ2n) is 3.05. The van der Waals surface area contributed by atoms with Gasteiger partial charge in [-0.25, -0.2) is 0 Å². The van der Waals surface area contributed by atoms with E-state index >= 15 is 0 Å². The molecule has 0 amide bonds. The third kappa shape index (κ3) is 3.84. The van der Waals surface area contributed by atoms with Gasteiger partial charge in [0.05, 0.1) is 17.8 Å². The molecular formula is C10H13ClN4O2. The summed E-state index contributed by atoms with van der Waals surface area (Å²) < 4.78 is 5.20. The number of benzene rings is 1. The van der Waals surface area contributed by atoms with E-state index in [4.69, 9.17) is 27.8 Å². The van der Waals surface area contributed by atoms with Crippen LogP contribution in [0.2, 0.25) is 5.02 Å². The van der Waals surface area contributed by atoms with Crippen LogP contribution in [0.25, 0.3) is 0 Å². The van der Waals surface area contributed by atoms with E-state index in [2.05, 4.69) is 10.2 Å². The maximum Gasteiger partial charge on any atom is 0.211 e. The molecular weight excluding hydrogens is 244 g/mol. The molecule has 7 heteroatoms. The van der Waals surface area contributed by atoms with E-state index in [0.717, 1.165) is 0 Å². The number of nitrogens with zero attached hydrogens (tertiary/aromatic N) is 2. The summed E-state index contributed by atoms with van der Waals surface area (Å²) in [6, 6.07) is 3.10. The highest BCUT2D eigenvalue weighted by Crippen LogP contribution is 2.34. The summed E-state index contributed by atoms with van der Waals surface area (Å²) in [4.78, 5) is 0. The fourth-order valence-electron chi connectivity index (χ4n) is 1.10. The van der Waals surface area contributed by atoms with Crippen molar-refractivity contribution in [2.45, 2.75) is 6.92 Å². The SMILES string of the molecule is CCOc1cc(C=NN=C(N)N)cc(Cl)c1O. The van der Waals surface area contributed by atoms with Crippen molar-refractivity contribution in [3.05, 3.63) is 22.7 Å². The number of hydrogen-bond donors (Lipinski definition) is 3. The highest BCUT2D eigenvalue weighted by molar-refractivity contribution is 6.32. The summed E-state index contributed by atoms with van der Waals surface area (Å²) in [5.74, 6) is 0.0369. The van der Waals surface area contributed by atoms with Crippen molar-refractivity contribution in [2.24, 2.45) is 21.7 Å². The number of hydrogen-bond acceptors (Lipinski definition) is 4. The van der Waals surface area contributed by atoms with Gasteiger partial charge in [0, 0.05) is 5.56 Å². The van der Waals surface area contributed by atoms with Crippen LogP contribution in [0, 0.1) is 0 Å². The maximum atomic E-state index is 9.60. The smallest absolute Gasteiger partial charge is 0.211 e. The minimum absolute atomic E-state index is 0.104. The number of phenolic OH excluding ortho intramolecular Hbond substituents is 1. The first-order valence-electron chi connectivity index (χ1n) is 4.82. The molecule has 0 unspecified atom stereocenters. The average molecular weight is 257 g/mol. The van der Waals surface area contributed by atoms with E-state index in [1.165, 1.54) is 12.3 Å². The molecule has 0 aliphatic heterocycles. The van der Waals surface area contributed by atoms with Crippen molar-refractivity contribution in [1.29, 1.82) is 0 Å². The van der Waals surface area contributed by atoms with Crippen LogP contribution in [0.5, 0.6) is 11.5 Å². The quantitative estimate of drug-likeness (QED) is 0.425. The first-order chi connectivity index (χ1) is 8.04. The molecule has 17 heavy (non-hydrogen) atoms. The first-order valence-corrected chi connectivity index (χ1v) is 5.19. The van der Waals surface area contributed by atoms with Crippen LogP contribution in [0.4, 0.5) is 0 Å². The van der Waals surface area contributed by atoms with E-state index in [1.54, 1.807) is 13.0 Å². The van der Waals surface area contributed by atoms with E-state index in [0.29, 0.717) is 12.2 Å². The Kier molecular flexibility index (Phi) is 4.59. The van der Waals surface area contributed by atoms with Crippen LogP contribution in [-0.4, -0.2) is 23.9 Å². The molecule has 0 saturated heterocycles. The van der Waals surface area contributed by atoms with Gasteiger partial charge in [0.2, 0.25) is 5.96 Å². The van der Waals surface area contributed by atoms with Gasteiger partial charge in [0.1, 0.15) is 0 Å². The number of nitrogens with two attached hydrogens (primary N) is 2. The Morgan fingerprint density at radius 3 is 2.82 bits per heavy atom. The Morgan fingerprint density at radius 2 is 2.24 bits per heavy atom. The molecule has 1 aromatic carbocycles. The first kappa shape index (κ1) is 13.1. The Morgan fingerprint density at radius 1 is 1.53 bits per heavy atom. The number of phenols is 1. The number of ether oxygens (including phenoxy) is 1. The molecule has 92 valence electrons. The van der Waals surface area contributed by atoms with Gasteiger partial charge in [-0.05, 0) is 19.1 Å². The second kappa shape index (κ2) is 5.95. The van der Waals surface area contributed by atoms with Crippen molar-refractivity contribution >= 4 is 23.8 Å².